The highest BCUT2D eigenvalue weighted by atomic mass is 32.2. The zero-order valence-electron chi connectivity index (χ0n) is 12.2. The molecule has 5 heteroatoms. The number of benzene rings is 1. The van der Waals surface area contributed by atoms with Gasteiger partial charge in [-0.25, -0.2) is 13.9 Å². The van der Waals surface area contributed by atoms with E-state index in [2.05, 4.69) is 9.71 Å². The fourth-order valence-electron chi connectivity index (χ4n) is 1.60. The van der Waals surface area contributed by atoms with E-state index < -0.39 is 11.0 Å². The molecule has 0 amide bonds. The van der Waals surface area contributed by atoms with Gasteiger partial charge in [-0.2, -0.15) is 0 Å². The van der Waals surface area contributed by atoms with Gasteiger partial charge in [-0.3, -0.25) is 0 Å². The molecule has 0 radical (unpaired) electrons. The lowest BCUT2D eigenvalue weighted by molar-refractivity contribution is 0.567. The highest BCUT2D eigenvalue weighted by Crippen LogP contribution is 2.22. The first-order valence-electron chi connectivity index (χ1n) is 6.57. The molecule has 0 aliphatic rings. The van der Waals surface area contributed by atoms with Gasteiger partial charge in [0.15, 0.2) is 0 Å². The Bertz CT molecular complexity index is 587. The smallest absolute Gasteiger partial charge is 0.226 e. The number of nitrogens with one attached hydrogen (secondary N) is 1. The van der Waals surface area contributed by atoms with Gasteiger partial charge < -0.3 is 4.42 Å². The zero-order valence-corrected chi connectivity index (χ0v) is 13.0. The number of rotatable bonds is 4. The first kappa shape index (κ1) is 14.9. The molecule has 0 fully saturated rings. The zero-order chi connectivity index (χ0) is 14.8. The lowest BCUT2D eigenvalue weighted by Crippen LogP contribution is -2.34. The Morgan fingerprint density at radius 3 is 2.50 bits per heavy atom. The standard InChI is InChI=1S/C15H20N2O2S/c1-11(17-20(18)15(2,3)4)13-10-19-14(16-13)12-8-6-5-7-9-12/h5-11,17H,1-4H3/t11-,20-/m1/s1. The second-order valence-corrected chi connectivity index (χ2v) is 7.66. The second-order valence-electron chi connectivity index (χ2n) is 5.66. The Morgan fingerprint density at radius 2 is 1.90 bits per heavy atom. The van der Waals surface area contributed by atoms with Crippen molar-refractivity contribution in [1.82, 2.24) is 9.71 Å². The number of nitrogens with zero attached hydrogens (tertiary/aromatic N) is 1. The van der Waals surface area contributed by atoms with Crippen molar-refractivity contribution >= 4 is 11.0 Å². The van der Waals surface area contributed by atoms with Crippen molar-refractivity contribution in [1.29, 1.82) is 0 Å². The summed E-state index contributed by atoms with van der Waals surface area (Å²) in [6.45, 7) is 7.72. The molecule has 0 saturated carbocycles. The molecule has 1 heterocycles. The van der Waals surface area contributed by atoms with Gasteiger partial charge in [-0.1, -0.05) is 18.2 Å². The van der Waals surface area contributed by atoms with Gasteiger partial charge in [0.2, 0.25) is 5.89 Å². The van der Waals surface area contributed by atoms with Crippen LogP contribution in [0.5, 0.6) is 0 Å². The number of hydrogen-bond acceptors (Lipinski definition) is 3. The van der Waals surface area contributed by atoms with Gasteiger partial charge in [0.25, 0.3) is 0 Å². The third-order valence-electron chi connectivity index (χ3n) is 2.83. The van der Waals surface area contributed by atoms with E-state index in [1.807, 2.05) is 58.0 Å². The van der Waals surface area contributed by atoms with Crippen LogP contribution >= 0.6 is 0 Å². The molecular formula is C15H20N2O2S. The van der Waals surface area contributed by atoms with Crippen LogP contribution < -0.4 is 4.72 Å². The number of hydrogen-bond donors (Lipinski definition) is 1. The molecule has 1 aromatic carbocycles. The maximum atomic E-state index is 12.1. The molecule has 108 valence electrons. The maximum absolute atomic E-state index is 12.1. The molecule has 0 bridgehead atoms. The fourth-order valence-corrected chi connectivity index (χ4v) is 2.39. The predicted octanol–water partition coefficient (Wildman–Crippen LogP) is 3.45. The van der Waals surface area contributed by atoms with E-state index in [9.17, 15) is 4.21 Å². The van der Waals surface area contributed by atoms with E-state index in [1.54, 1.807) is 6.26 Å². The van der Waals surface area contributed by atoms with E-state index in [4.69, 9.17) is 4.42 Å². The fraction of sp³-hybridized carbons (Fsp3) is 0.400. The molecule has 1 aromatic heterocycles. The lowest BCUT2D eigenvalue weighted by Gasteiger charge is -2.20. The SMILES string of the molecule is C[C@@H](N[S@](=O)C(C)(C)C)c1coc(-c2ccccc2)n1. The summed E-state index contributed by atoms with van der Waals surface area (Å²) in [5.74, 6) is 0.579. The summed E-state index contributed by atoms with van der Waals surface area (Å²) in [5.41, 5.74) is 1.68. The van der Waals surface area contributed by atoms with Crippen molar-refractivity contribution in [2.75, 3.05) is 0 Å². The molecule has 0 saturated heterocycles. The van der Waals surface area contributed by atoms with E-state index >= 15 is 0 Å². The Balaban J connectivity index is 2.11. The van der Waals surface area contributed by atoms with Crippen LogP contribution in [0, 0.1) is 0 Å². The van der Waals surface area contributed by atoms with E-state index in [0.29, 0.717) is 5.89 Å². The van der Waals surface area contributed by atoms with Crippen molar-refractivity contribution in [2.45, 2.75) is 38.5 Å². The van der Waals surface area contributed by atoms with Crippen molar-refractivity contribution in [3.8, 4) is 11.5 Å². The Kier molecular flexibility index (Phi) is 4.40. The summed E-state index contributed by atoms with van der Waals surface area (Å²) in [6, 6.07) is 9.59. The molecular weight excluding hydrogens is 272 g/mol. The molecule has 0 spiro atoms. The van der Waals surface area contributed by atoms with Gasteiger partial charge in [0.05, 0.1) is 27.5 Å². The van der Waals surface area contributed by atoms with Crippen LogP contribution in [0.3, 0.4) is 0 Å². The topological polar surface area (TPSA) is 55.1 Å². The van der Waals surface area contributed by atoms with Crippen LogP contribution in [-0.2, 0) is 11.0 Å². The lowest BCUT2D eigenvalue weighted by atomic mass is 10.2. The Morgan fingerprint density at radius 1 is 1.25 bits per heavy atom. The van der Waals surface area contributed by atoms with Crippen molar-refractivity contribution in [2.24, 2.45) is 0 Å². The van der Waals surface area contributed by atoms with Crippen LogP contribution in [0.2, 0.25) is 0 Å². The number of oxazole rings is 1. The molecule has 2 aromatic rings. The van der Waals surface area contributed by atoms with Crippen LogP contribution in [0.25, 0.3) is 11.5 Å². The van der Waals surface area contributed by atoms with Crippen LogP contribution in [0.4, 0.5) is 0 Å². The van der Waals surface area contributed by atoms with E-state index in [1.165, 1.54) is 0 Å². The molecule has 2 rings (SSSR count). The molecule has 0 unspecified atom stereocenters. The minimum absolute atomic E-state index is 0.128. The third-order valence-corrected chi connectivity index (χ3v) is 4.51. The normalized spacial score (nSPS) is 15.0. The second kappa shape index (κ2) is 5.89. The predicted molar refractivity (Wildman–Crippen MR) is 81.4 cm³/mol. The van der Waals surface area contributed by atoms with Gasteiger partial charge in [0.1, 0.15) is 6.26 Å². The Hall–Kier alpha value is -1.46. The van der Waals surface area contributed by atoms with Crippen LogP contribution in [0.15, 0.2) is 41.0 Å². The summed E-state index contributed by atoms with van der Waals surface area (Å²) in [7, 11) is -1.13. The summed E-state index contributed by atoms with van der Waals surface area (Å²) in [6.07, 6.45) is 1.61. The molecule has 4 nitrogen and oxygen atoms in total. The summed E-state index contributed by atoms with van der Waals surface area (Å²) in [5, 5.41) is 0. The van der Waals surface area contributed by atoms with Crippen molar-refractivity contribution < 1.29 is 8.63 Å². The Labute approximate surface area is 122 Å². The van der Waals surface area contributed by atoms with Gasteiger partial charge >= 0.3 is 0 Å². The molecule has 1 N–H and O–H groups in total. The van der Waals surface area contributed by atoms with E-state index in [0.717, 1.165) is 11.3 Å². The van der Waals surface area contributed by atoms with Gasteiger partial charge in [0, 0.05) is 5.56 Å². The molecule has 0 aliphatic carbocycles. The van der Waals surface area contributed by atoms with E-state index in [-0.39, 0.29) is 10.8 Å². The van der Waals surface area contributed by atoms with Gasteiger partial charge in [-0.15, -0.1) is 0 Å². The highest BCUT2D eigenvalue weighted by Gasteiger charge is 2.23. The maximum Gasteiger partial charge on any atom is 0.226 e. The molecule has 20 heavy (non-hydrogen) atoms. The van der Waals surface area contributed by atoms with Crippen molar-refractivity contribution in [3.63, 3.8) is 0 Å². The minimum Gasteiger partial charge on any atom is -0.444 e. The first-order chi connectivity index (χ1) is 9.38. The minimum atomic E-state index is -1.13. The average molecular weight is 292 g/mol. The number of aromatic nitrogens is 1. The van der Waals surface area contributed by atoms with Crippen LogP contribution in [0.1, 0.15) is 39.4 Å². The van der Waals surface area contributed by atoms with Gasteiger partial charge in [-0.05, 0) is 39.8 Å². The van der Waals surface area contributed by atoms with Crippen LogP contribution in [-0.4, -0.2) is 13.9 Å². The van der Waals surface area contributed by atoms with Crippen molar-refractivity contribution in [3.05, 3.63) is 42.3 Å². The highest BCUT2D eigenvalue weighted by molar-refractivity contribution is 7.84. The summed E-state index contributed by atoms with van der Waals surface area (Å²) >= 11 is 0. The summed E-state index contributed by atoms with van der Waals surface area (Å²) in [4.78, 5) is 4.45. The quantitative estimate of drug-likeness (QED) is 0.939. The third kappa shape index (κ3) is 3.55. The molecule has 2 atom stereocenters. The molecule has 0 aliphatic heterocycles. The largest absolute Gasteiger partial charge is 0.444 e. The summed E-state index contributed by atoms with van der Waals surface area (Å²) < 4.78 is 20.3. The first-order valence-corrected chi connectivity index (χ1v) is 7.72. The monoisotopic (exact) mass is 292 g/mol. The average Bonchev–Trinajstić information content (AvgIpc) is 2.88.